The molecule has 18 heavy (non-hydrogen) atoms. The predicted molar refractivity (Wildman–Crippen MR) is 83.0 cm³/mol. The maximum atomic E-state index is 3.37. The van der Waals surface area contributed by atoms with Crippen LogP contribution in [0.2, 0.25) is 0 Å². The number of rotatable bonds is 8. The molecule has 0 saturated heterocycles. The summed E-state index contributed by atoms with van der Waals surface area (Å²) in [6, 6.07) is 10.1. The van der Waals surface area contributed by atoms with E-state index in [9.17, 15) is 0 Å². The average molecular weight is 261 g/mol. The predicted octanol–water partition coefficient (Wildman–Crippen LogP) is 3.55. The second-order valence-corrected chi connectivity index (χ2v) is 5.24. The van der Waals surface area contributed by atoms with E-state index in [0.29, 0.717) is 0 Å². The molecule has 0 amide bonds. The monoisotopic (exact) mass is 261 g/mol. The molecular formula is C16H23NS. The molecule has 1 aromatic carbocycles. The highest BCUT2D eigenvalue weighted by Crippen LogP contribution is 2.03. The van der Waals surface area contributed by atoms with E-state index in [1.165, 1.54) is 31.4 Å². The Bertz CT molecular complexity index is 350. The lowest BCUT2D eigenvalue weighted by molar-refractivity contribution is 0.625. The third kappa shape index (κ3) is 8.22. The van der Waals surface area contributed by atoms with Crippen molar-refractivity contribution in [1.29, 1.82) is 0 Å². The van der Waals surface area contributed by atoms with Gasteiger partial charge in [-0.25, -0.2) is 0 Å². The van der Waals surface area contributed by atoms with Gasteiger partial charge in [-0.05, 0) is 43.5 Å². The second kappa shape index (κ2) is 11.2. The largest absolute Gasteiger partial charge is 0.306 e. The fraction of sp³-hybridized carbons (Fsp3) is 0.500. The van der Waals surface area contributed by atoms with Gasteiger partial charge < -0.3 is 5.32 Å². The van der Waals surface area contributed by atoms with Crippen molar-refractivity contribution in [3.63, 3.8) is 0 Å². The first-order chi connectivity index (χ1) is 8.93. The normalized spacial score (nSPS) is 9.83. The summed E-state index contributed by atoms with van der Waals surface area (Å²) in [5.41, 5.74) is 1.09. The molecule has 1 nitrogen and oxygen atoms in total. The highest BCUT2D eigenvalue weighted by atomic mass is 32.2. The van der Waals surface area contributed by atoms with E-state index in [-0.39, 0.29) is 0 Å². The molecule has 0 spiro atoms. The first-order valence-electron chi connectivity index (χ1n) is 6.67. The van der Waals surface area contributed by atoms with Gasteiger partial charge in [0.25, 0.3) is 0 Å². The van der Waals surface area contributed by atoms with Gasteiger partial charge in [0.2, 0.25) is 0 Å². The van der Waals surface area contributed by atoms with Gasteiger partial charge in [-0.1, -0.05) is 42.9 Å². The molecule has 0 saturated carbocycles. The van der Waals surface area contributed by atoms with Crippen LogP contribution in [0.25, 0.3) is 0 Å². The third-order valence-electron chi connectivity index (χ3n) is 2.67. The van der Waals surface area contributed by atoms with Crippen LogP contribution in [-0.4, -0.2) is 25.1 Å². The lowest BCUT2D eigenvalue weighted by atomic mass is 10.2. The Labute approximate surface area is 116 Å². The number of nitrogens with one attached hydrogen (secondary N) is 1. The van der Waals surface area contributed by atoms with Crippen LogP contribution in [0.4, 0.5) is 0 Å². The van der Waals surface area contributed by atoms with Crippen molar-refractivity contribution < 1.29 is 0 Å². The molecule has 0 aliphatic carbocycles. The molecule has 0 fully saturated rings. The molecule has 1 N–H and O–H groups in total. The molecule has 0 heterocycles. The van der Waals surface area contributed by atoms with Crippen LogP contribution in [0.15, 0.2) is 30.3 Å². The molecule has 1 aromatic rings. The lowest BCUT2D eigenvalue weighted by Crippen LogP contribution is -2.15. The molecule has 2 heteroatoms. The Morgan fingerprint density at radius 3 is 2.61 bits per heavy atom. The molecule has 0 aliphatic rings. The standard InChI is InChI=1S/C16H23NS/c1-18-15-8-3-2-7-13-17-14-9-12-16-10-5-4-6-11-16/h4-6,10-11,17H,2-3,7-8,13-15H2,1H3. The second-order valence-electron chi connectivity index (χ2n) is 4.25. The highest BCUT2D eigenvalue weighted by molar-refractivity contribution is 7.98. The van der Waals surface area contributed by atoms with Crippen LogP contribution in [0.3, 0.4) is 0 Å². The van der Waals surface area contributed by atoms with E-state index in [1.54, 1.807) is 0 Å². The van der Waals surface area contributed by atoms with Crippen molar-refractivity contribution in [2.75, 3.05) is 25.1 Å². The smallest absolute Gasteiger partial charge is 0.0580 e. The molecule has 0 unspecified atom stereocenters. The van der Waals surface area contributed by atoms with E-state index >= 15 is 0 Å². The topological polar surface area (TPSA) is 12.0 Å². The number of unbranched alkanes of at least 4 members (excludes halogenated alkanes) is 3. The number of hydrogen-bond acceptors (Lipinski definition) is 2. The zero-order valence-electron chi connectivity index (χ0n) is 11.2. The molecule has 0 radical (unpaired) electrons. The Morgan fingerprint density at radius 2 is 1.83 bits per heavy atom. The van der Waals surface area contributed by atoms with Gasteiger partial charge in [-0.3, -0.25) is 0 Å². The summed E-state index contributed by atoms with van der Waals surface area (Å²) in [6.07, 6.45) is 7.49. The van der Waals surface area contributed by atoms with Gasteiger partial charge in [0, 0.05) is 5.56 Å². The summed E-state index contributed by atoms with van der Waals surface area (Å²) in [5, 5.41) is 3.37. The third-order valence-corrected chi connectivity index (χ3v) is 3.37. The lowest BCUT2D eigenvalue weighted by Gasteiger charge is -2.00. The summed E-state index contributed by atoms with van der Waals surface area (Å²) in [7, 11) is 0. The molecule has 1 rings (SSSR count). The van der Waals surface area contributed by atoms with Gasteiger partial charge >= 0.3 is 0 Å². The van der Waals surface area contributed by atoms with Crippen LogP contribution in [0, 0.1) is 11.8 Å². The Kier molecular flexibility index (Phi) is 9.42. The van der Waals surface area contributed by atoms with Gasteiger partial charge in [-0.15, -0.1) is 0 Å². The van der Waals surface area contributed by atoms with Gasteiger partial charge in [0.15, 0.2) is 0 Å². The van der Waals surface area contributed by atoms with Crippen molar-refractivity contribution in [2.45, 2.75) is 25.7 Å². The minimum Gasteiger partial charge on any atom is -0.306 e. The SMILES string of the molecule is CSCCCCCCNCC#Cc1ccccc1. The molecule has 0 atom stereocenters. The van der Waals surface area contributed by atoms with E-state index in [2.05, 4.69) is 23.4 Å². The minimum atomic E-state index is 0.791. The number of thioether (sulfide) groups is 1. The zero-order chi connectivity index (χ0) is 12.9. The van der Waals surface area contributed by atoms with Crippen LogP contribution in [0.5, 0.6) is 0 Å². The highest BCUT2D eigenvalue weighted by Gasteiger charge is 1.89. The number of benzene rings is 1. The van der Waals surface area contributed by atoms with Crippen molar-refractivity contribution in [2.24, 2.45) is 0 Å². The summed E-state index contributed by atoms with van der Waals surface area (Å²) < 4.78 is 0. The minimum absolute atomic E-state index is 0.791. The van der Waals surface area contributed by atoms with Gasteiger partial charge in [0.05, 0.1) is 6.54 Å². The number of hydrogen-bond donors (Lipinski definition) is 1. The fourth-order valence-electron chi connectivity index (χ4n) is 1.67. The van der Waals surface area contributed by atoms with Gasteiger partial charge in [-0.2, -0.15) is 11.8 Å². The van der Waals surface area contributed by atoms with Crippen LogP contribution < -0.4 is 5.32 Å². The molecule has 0 aromatic heterocycles. The fourth-order valence-corrected chi connectivity index (χ4v) is 2.16. The van der Waals surface area contributed by atoms with Gasteiger partial charge in [0.1, 0.15) is 0 Å². The summed E-state index contributed by atoms with van der Waals surface area (Å²) in [5.74, 6) is 7.60. The molecule has 98 valence electrons. The zero-order valence-corrected chi connectivity index (χ0v) is 12.1. The van der Waals surface area contributed by atoms with E-state index in [4.69, 9.17) is 0 Å². The molecule has 0 bridgehead atoms. The van der Waals surface area contributed by atoms with Crippen molar-refractivity contribution in [3.05, 3.63) is 35.9 Å². The summed E-state index contributed by atoms with van der Waals surface area (Å²) in [6.45, 7) is 1.88. The van der Waals surface area contributed by atoms with Crippen LogP contribution in [-0.2, 0) is 0 Å². The Balaban J connectivity index is 1.94. The maximum Gasteiger partial charge on any atom is 0.0580 e. The maximum absolute atomic E-state index is 3.37. The van der Waals surface area contributed by atoms with Crippen molar-refractivity contribution >= 4 is 11.8 Å². The molecular weight excluding hydrogens is 238 g/mol. The molecule has 0 aliphatic heterocycles. The van der Waals surface area contributed by atoms with Crippen LogP contribution >= 0.6 is 11.8 Å². The van der Waals surface area contributed by atoms with E-state index < -0.39 is 0 Å². The average Bonchev–Trinajstić information content (AvgIpc) is 2.42. The summed E-state index contributed by atoms with van der Waals surface area (Å²) in [4.78, 5) is 0. The van der Waals surface area contributed by atoms with E-state index in [0.717, 1.165) is 18.7 Å². The van der Waals surface area contributed by atoms with E-state index in [1.807, 2.05) is 42.1 Å². The first kappa shape index (κ1) is 15.1. The van der Waals surface area contributed by atoms with Crippen molar-refractivity contribution in [3.8, 4) is 11.8 Å². The van der Waals surface area contributed by atoms with Crippen molar-refractivity contribution in [1.82, 2.24) is 5.32 Å². The first-order valence-corrected chi connectivity index (χ1v) is 8.06. The summed E-state index contributed by atoms with van der Waals surface area (Å²) >= 11 is 1.94. The Morgan fingerprint density at radius 1 is 1.06 bits per heavy atom. The Hall–Kier alpha value is -0.910. The quantitative estimate of drug-likeness (QED) is 0.567. The van der Waals surface area contributed by atoms with Crippen LogP contribution in [0.1, 0.15) is 31.2 Å².